The first kappa shape index (κ1) is 14.1. The molecule has 0 unspecified atom stereocenters. The minimum absolute atomic E-state index is 0.593. The van der Waals surface area contributed by atoms with E-state index in [-0.39, 0.29) is 0 Å². The van der Waals surface area contributed by atoms with Crippen molar-refractivity contribution in [2.24, 2.45) is 0 Å². The maximum absolute atomic E-state index is 6.31. The second-order valence-corrected chi connectivity index (χ2v) is 5.64. The van der Waals surface area contributed by atoms with Gasteiger partial charge in [0.1, 0.15) is 17.7 Å². The topological polar surface area (TPSA) is 58.3 Å². The largest absolute Gasteiger partial charge is 0.394 e. The summed E-state index contributed by atoms with van der Waals surface area (Å²) >= 11 is 6.25. The molecule has 1 aromatic heterocycles. The van der Waals surface area contributed by atoms with Crippen LogP contribution in [0.3, 0.4) is 0 Å². The Balaban J connectivity index is 1.98. The van der Waals surface area contributed by atoms with Crippen LogP contribution >= 0.6 is 11.6 Å². The van der Waals surface area contributed by atoms with Gasteiger partial charge >= 0.3 is 0 Å². The number of benzene rings is 1. The van der Waals surface area contributed by atoms with Gasteiger partial charge in [0.2, 0.25) is 0 Å². The van der Waals surface area contributed by atoms with Crippen molar-refractivity contribution in [1.29, 1.82) is 0 Å². The lowest BCUT2D eigenvalue weighted by Crippen LogP contribution is -2.45. The molecule has 21 heavy (non-hydrogen) atoms. The second kappa shape index (κ2) is 5.87. The maximum atomic E-state index is 6.31. The molecule has 0 saturated carbocycles. The summed E-state index contributed by atoms with van der Waals surface area (Å²) in [6.07, 6.45) is 1.56. The Kier molecular flexibility index (Phi) is 3.94. The van der Waals surface area contributed by atoms with Gasteiger partial charge in [-0.05, 0) is 13.1 Å². The number of aromatic nitrogens is 2. The zero-order chi connectivity index (χ0) is 14.8. The first-order valence-corrected chi connectivity index (χ1v) is 7.33. The number of piperazine rings is 1. The third-order valence-electron chi connectivity index (χ3n) is 3.79. The van der Waals surface area contributed by atoms with Crippen molar-refractivity contribution in [2.75, 3.05) is 43.9 Å². The lowest BCUT2D eigenvalue weighted by atomic mass is 10.1. The molecular weight excluding hydrogens is 286 g/mol. The Morgan fingerprint density at radius 2 is 1.81 bits per heavy atom. The van der Waals surface area contributed by atoms with Gasteiger partial charge in [0.25, 0.3) is 0 Å². The van der Waals surface area contributed by atoms with Crippen LogP contribution in [0.4, 0.5) is 11.5 Å². The van der Waals surface area contributed by atoms with Gasteiger partial charge in [0.15, 0.2) is 5.82 Å². The van der Waals surface area contributed by atoms with Crippen molar-refractivity contribution in [3.63, 3.8) is 0 Å². The summed E-state index contributed by atoms with van der Waals surface area (Å²) < 4.78 is 0. The number of halogens is 1. The molecule has 1 aromatic carbocycles. The highest BCUT2D eigenvalue weighted by atomic mass is 35.5. The molecule has 0 amide bonds. The highest BCUT2D eigenvalue weighted by Gasteiger charge is 2.20. The summed E-state index contributed by atoms with van der Waals surface area (Å²) in [6.45, 7) is 3.84. The Hall–Kier alpha value is -1.85. The van der Waals surface area contributed by atoms with Crippen LogP contribution in [0.1, 0.15) is 0 Å². The summed E-state index contributed by atoms with van der Waals surface area (Å²) in [5, 5.41) is 0.646. The van der Waals surface area contributed by atoms with E-state index >= 15 is 0 Å². The van der Waals surface area contributed by atoms with Crippen molar-refractivity contribution in [1.82, 2.24) is 14.9 Å². The fraction of sp³-hybridized carbons (Fsp3) is 0.333. The fourth-order valence-corrected chi connectivity index (χ4v) is 2.75. The van der Waals surface area contributed by atoms with Gasteiger partial charge in [-0.3, -0.25) is 0 Å². The first-order valence-electron chi connectivity index (χ1n) is 6.95. The average molecular weight is 304 g/mol. The molecule has 3 rings (SSSR count). The summed E-state index contributed by atoms with van der Waals surface area (Å²) in [5.74, 6) is 0.799. The van der Waals surface area contributed by atoms with E-state index < -0.39 is 0 Å². The molecule has 6 heteroatoms. The van der Waals surface area contributed by atoms with E-state index in [0.29, 0.717) is 16.4 Å². The predicted molar refractivity (Wildman–Crippen MR) is 86.6 cm³/mol. The van der Waals surface area contributed by atoms with E-state index in [1.165, 1.54) is 0 Å². The fourth-order valence-electron chi connectivity index (χ4n) is 2.52. The van der Waals surface area contributed by atoms with Crippen LogP contribution in [-0.4, -0.2) is 48.1 Å². The van der Waals surface area contributed by atoms with Gasteiger partial charge in [0.05, 0.1) is 5.02 Å². The van der Waals surface area contributed by atoms with Crippen LogP contribution in [-0.2, 0) is 0 Å². The monoisotopic (exact) mass is 303 g/mol. The van der Waals surface area contributed by atoms with Crippen molar-refractivity contribution in [3.8, 4) is 11.3 Å². The Bertz CT molecular complexity index is 638. The van der Waals surface area contributed by atoms with E-state index in [2.05, 4.69) is 26.8 Å². The highest BCUT2D eigenvalue weighted by Crippen LogP contribution is 2.34. The third kappa shape index (κ3) is 2.80. The molecule has 2 heterocycles. The Morgan fingerprint density at radius 1 is 1.10 bits per heavy atom. The number of rotatable bonds is 2. The molecule has 1 aliphatic heterocycles. The lowest BCUT2D eigenvalue weighted by molar-refractivity contribution is 0.312. The third-order valence-corrected chi connectivity index (χ3v) is 4.12. The number of anilines is 2. The summed E-state index contributed by atoms with van der Waals surface area (Å²) in [7, 11) is 2.12. The molecule has 1 saturated heterocycles. The molecule has 110 valence electrons. The minimum Gasteiger partial charge on any atom is -0.394 e. The van der Waals surface area contributed by atoms with Crippen LogP contribution < -0.4 is 10.6 Å². The number of hydrogen-bond donors (Lipinski definition) is 1. The zero-order valence-corrected chi connectivity index (χ0v) is 12.7. The van der Waals surface area contributed by atoms with Crippen LogP contribution in [0, 0.1) is 0 Å². The van der Waals surface area contributed by atoms with Gasteiger partial charge in [-0.2, -0.15) is 0 Å². The van der Waals surface area contributed by atoms with Crippen molar-refractivity contribution < 1.29 is 0 Å². The Morgan fingerprint density at radius 3 is 2.52 bits per heavy atom. The van der Waals surface area contributed by atoms with Crippen molar-refractivity contribution in [2.45, 2.75) is 0 Å². The van der Waals surface area contributed by atoms with Crippen molar-refractivity contribution >= 4 is 23.1 Å². The standard InChI is InChI=1S/C15H18ClN5/c1-20-6-8-21(9-7-20)15-13(17)14(18-10-19-15)11-4-2-3-5-12(11)16/h2-5,10H,6-9,17H2,1H3. The number of likely N-dealkylation sites (N-methyl/N-ethyl adjacent to an activating group) is 1. The smallest absolute Gasteiger partial charge is 0.155 e. The van der Waals surface area contributed by atoms with Crippen LogP contribution in [0.5, 0.6) is 0 Å². The SMILES string of the molecule is CN1CCN(c2ncnc(-c3ccccc3Cl)c2N)CC1. The van der Waals surface area contributed by atoms with Crippen LogP contribution in [0.25, 0.3) is 11.3 Å². The van der Waals surface area contributed by atoms with E-state index in [9.17, 15) is 0 Å². The van der Waals surface area contributed by atoms with E-state index in [0.717, 1.165) is 37.6 Å². The Labute approximate surface area is 129 Å². The van der Waals surface area contributed by atoms with Gasteiger partial charge in [-0.15, -0.1) is 0 Å². The zero-order valence-electron chi connectivity index (χ0n) is 12.0. The summed E-state index contributed by atoms with van der Waals surface area (Å²) in [6, 6.07) is 7.59. The van der Waals surface area contributed by atoms with Gasteiger partial charge < -0.3 is 15.5 Å². The molecule has 0 bridgehead atoms. The number of nitrogen functional groups attached to an aromatic ring is 1. The molecule has 2 aromatic rings. The molecule has 0 spiro atoms. The van der Waals surface area contributed by atoms with Crippen LogP contribution in [0.15, 0.2) is 30.6 Å². The molecule has 0 aliphatic carbocycles. The normalized spacial score (nSPS) is 16.2. The molecule has 0 atom stereocenters. The van der Waals surface area contributed by atoms with E-state index in [4.69, 9.17) is 17.3 Å². The first-order chi connectivity index (χ1) is 10.2. The average Bonchev–Trinajstić information content (AvgIpc) is 2.50. The summed E-state index contributed by atoms with van der Waals surface area (Å²) in [4.78, 5) is 13.2. The van der Waals surface area contributed by atoms with Gasteiger partial charge in [0, 0.05) is 31.7 Å². The van der Waals surface area contributed by atoms with E-state index in [1.54, 1.807) is 6.33 Å². The van der Waals surface area contributed by atoms with Crippen molar-refractivity contribution in [3.05, 3.63) is 35.6 Å². The van der Waals surface area contributed by atoms with Crippen LogP contribution in [0.2, 0.25) is 5.02 Å². The van der Waals surface area contributed by atoms with Gasteiger partial charge in [-0.1, -0.05) is 29.8 Å². The molecule has 1 aliphatic rings. The van der Waals surface area contributed by atoms with E-state index in [1.807, 2.05) is 24.3 Å². The van der Waals surface area contributed by atoms with Gasteiger partial charge in [-0.25, -0.2) is 9.97 Å². The molecule has 1 fully saturated rings. The highest BCUT2D eigenvalue weighted by molar-refractivity contribution is 6.33. The number of nitrogens with two attached hydrogens (primary N) is 1. The minimum atomic E-state index is 0.593. The second-order valence-electron chi connectivity index (χ2n) is 5.23. The summed E-state index contributed by atoms with van der Waals surface area (Å²) in [5.41, 5.74) is 8.44. The lowest BCUT2D eigenvalue weighted by Gasteiger charge is -2.33. The maximum Gasteiger partial charge on any atom is 0.155 e. The quantitative estimate of drug-likeness (QED) is 0.921. The molecular formula is C15H18ClN5. The number of hydrogen-bond acceptors (Lipinski definition) is 5. The molecule has 2 N–H and O–H groups in total. The number of nitrogens with zero attached hydrogens (tertiary/aromatic N) is 4. The molecule has 0 radical (unpaired) electrons. The predicted octanol–water partition coefficient (Wildman–Crippen LogP) is 2.13. The molecule has 5 nitrogen and oxygen atoms in total.